The summed E-state index contributed by atoms with van der Waals surface area (Å²) >= 11 is 0. The molecule has 3 aromatic heterocycles. The molecule has 10 heteroatoms. The lowest BCUT2D eigenvalue weighted by molar-refractivity contribution is -0.0453. The number of carbonyl (C=O) groups is 1. The minimum Gasteiger partial charge on any atom is -0.504 e. The molecule has 4 aromatic rings. The van der Waals surface area contributed by atoms with E-state index in [2.05, 4.69) is 33.6 Å². The Morgan fingerprint density at radius 3 is 2.80 bits per heavy atom. The molecule has 0 amide bonds. The van der Waals surface area contributed by atoms with Crippen LogP contribution in [0.3, 0.4) is 0 Å². The van der Waals surface area contributed by atoms with E-state index in [1.54, 1.807) is 12.3 Å². The van der Waals surface area contributed by atoms with Crippen molar-refractivity contribution < 1.29 is 29.2 Å². The maximum absolute atomic E-state index is 13.8. The van der Waals surface area contributed by atoms with E-state index >= 15 is 0 Å². The normalized spacial score (nSPS) is 28.2. The fraction of sp³-hybridized carbons (Fsp3) is 0.450. The number of ether oxygens (including phenoxy) is 3. The first kappa shape index (κ1) is 31.6. The van der Waals surface area contributed by atoms with Gasteiger partial charge in [-0.25, -0.2) is 9.48 Å². The Kier molecular flexibility index (Phi) is 7.15. The summed E-state index contributed by atoms with van der Waals surface area (Å²) < 4.78 is 22.5. The molecule has 1 spiro atoms. The van der Waals surface area contributed by atoms with E-state index < -0.39 is 23.6 Å². The van der Waals surface area contributed by atoms with Crippen LogP contribution >= 0.6 is 0 Å². The fourth-order valence-electron chi connectivity index (χ4n) is 9.81. The summed E-state index contributed by atoms with van der Waals surface area (Å²) in [6.45, 7) is 11.9. The van der Waals surface area contributed by atoms with Crippen LogP contribution in [0.25, 0.3) is 22.3 Å². The van der Waals surface area contributed by atoms with Gasteiger partial charge in [0.05, 0.1) is 28.6 Å². The number of hydrogen-bond acceptors (Lipinski definition) is 8. The van der Waals surface area contributed by atoms with E-state index in [-0.39, 0.29) is 30.0 Å². The standard InChI is InChI=1S/C40H44N4O6/c1-21(2)49-39(47)26-18-30-24(29-11-14-41-44(29)34-8-6-7-17-48-34)12-15-43(30)36(23(26)4)22(3)25-20-33(46)37-35-27(25)19-31-28-9-10-32(45)38(50-37)40(28,35)13-16-42(31)5/h9-12,14-15,18,20-21,28,31-32,34,38,45-46H,3,6-8,13,16-17,19H2,1-2,4-5H3/t28-,31+,32-,34?,38-,40-/m0/s1. The first-order valence-electron chi connectivity index (χ1n) is 17.9. The van der Waals surface area contributed by atoms with Crippen LogP contribution in [-0.2, 0) is 21.3 Å². The first-order valence-corrected chi connectivity index (χ1v) is 17.9. The van der Waals surface area contributed by atoms with Crippen LogP contribution in [0.4, 0.5) is 0 Å². The summed E-state index contributed by atoms with van der Waals surface area (Å²) in [5, 5.41) is 27.5. The zero-order chi connectivity index (χ0) is 34.6. The third-order valence-corrected chi connectivity index (χ3v) is 12.0. The molecule has 1 unspecified atom stereocenters. The zero-order valence-electron chi connectivity index (χ0n) is 29.1. The molecular formula is C40H44N4O6. The predicted octanol–water partition coefficient (Wildman–Crippen LogP) is 5.95. The lowest BCUT2D eigenvalue weighted by Gasteiger charge is -2.56. The van der Waals surface area contributed by atoms with Crippen LogP contribution in [0.1, 0.15) is 84.1 Å². The maximum Gasteiger partial charge on any atom is 0.338 e. The Balaban J connectivity index is 1.25. The van der Waals surface area contributed by atoms with Crippen LogP contribution in [0.2, 0.25) is 0 Å². The van der Waals surface area contributed by atoms with Crippen molar-refractivity contribution in [1.82, 2.24) is 19.1 Å². The van der Waals surface area contributed by atoms with E-state index in [9.17, 15) is 15.0 Å². The van der Waals surface area contributed by atoms with Crippen molar-refractivity contribution in [2.75, 3.05) is 20.2 Å². The molecule has 6 atom stereocenters. The Labute approximate surface area is 291 Å². The van der Waals surface area contributed by atoms with Gasteiger partial charge in [0, 0.05) is 47.5 Å². The molecular weight excluding hydrogens is 632 g/mol. The molecule has 50 heavy (non-hydrogen) atoms. The van der Waals surface area contributed by atoms with Gasteiger partial charge in [0.1, 0.15) is 12.2 Å². The summed E-state index contributed by atoms with van der Waals surface area (Å²) in [5.41, 5.74) is 7.75. The number of carbonyl (C=O) groups excluding carboxylic acids is 1. The second kappa shape index (κ2) is 11.3. The van der Waals surface area contributed by atoms with Crippen LogP contribution in [0.15, 0.2) is 55.4 Å². The van der Waals surface area contributed by atoms with Crippen molar-refractivity contribution >= 4 is 17.1 Å². The highest BCUT2D eigenvalue weighted by Crippen LogP contribution is 2.63. The van der Waals surface area contributed by atoms with E-state index in [1.807, 2.05) is 49.9 Å². The van der Waals surface area contributed by atoms with Crippen molar-refractivity contribution in [3.63, 3.8) is 0 Å². The van der Waals surface area contributed by atoms with E-state index in [0.29, 0.717) is 23.5 Å². The van der Waals surface area contributed by atoms with Crippen molar-refractivity contribution in [3.05, 3.63) is 88.9 Å². The SMILES string of the molecule is C=C(c1cc(O)c2c3c1C[C@@H]1[C@@H]4C=C[C@H](O)[C@H](O2)[C@]34CCN1C)c1c(C)c(C(=O)OC(C)C)cc2c(-c3ccnn3C3CCCCO3)ccn12. The smallest absolute Gasteiger partial charge is 0.338 e. The average molecular weight is 677 g/mol. The Hall–Kier alpha value is -4.38. The van der Waals surface area contributed by atoms with E-state index in [0.717, 1.165) is 83.4 Å². The van der Waals surface area contributed by atoms with Crippen LogP contribution < -0.4 is 4.74 Å². The lowest BCUT2D eigenvalue weighted by atomic mass is 9.53. The number of nitrogens with zero attached hydrogens (tertiary/aromatic N) is 4. The van der Waals surface area contributed by atoms with Gasteiger partial charge in [-0.2, -0.15) is 5.10 Å². The average Bonchev–Trinajstić information content (AvgIpc) is 3.83. The fourth-order valence-corrected chi connectivity index (χ4v) is 9.81. The number of piperidine rings is 1. The number of fused-ring (bicyclic) bond motifs is 1. The summed E-state index contributed by atoms with van der Waals surface area (Å²) in [6.07, 6.45) is 10.7. The molecule has 0 radical (unpaired) electrons. The summed E-state index contributed by atoms with van der Waals surface area (Å²) in [6, 6.07) is 7.92. The highest BCUT2D eigenvalue weighted by atomic mass is 16.5. The number of likely N-dealkylation sites (tertiary alicyclic amines) is 1. The number of aliphatic hydroxyl groups excluding tert-OH is 1. The molecule has 9 rings (SSSR count). The first-order chi connectivity index (χ1) is 24.1. The molecule has 2 saturated heterocycles. The number of aromatic hydroxyl groups is 1. The Morgan fingerprint density at radius 1 is 1.18 bits per heavy atom. The van der Waals surface area contributed by atoms with Gasteiger partial charge in [-0.3, -0.25) is 0 Å². The molecule has 2 N–H and O–H groups in total. The number of phenolic OH excluding ortho intramolecular Hbond substituents is 1. The van der Waals surface area contributed by atoms with E-state index in [1.165, 1.54) is 0 Å². The summed E-state index contributed by atoms with van der Waals surface area (Å²) in [7, 11) is 2.17. The third kappa shape index (κ3) is 4.31. The molecule has 2 fully saturated rings. The van der Waals surface area contributed by atoms with Crippen LogP contribution in [0, 0.1) is 12.8 Å². The second-order valence-electron chi connectivity index (χ2n) is 15.0. The number of hydrogen-bond donors (Lipinski definition) is 2. The van der Waals surface area contributed by atoms with Crippen LogP contribution in [-0.4, -0.2) is 79.8 Å². The monoisotopic (exact) mass is 676 g/mol. The molecule has 0 saturated carbocycles. The maximum atomic E-state index is 13.8. The number of pyridine rings is 1. The third-order valence-electron chi connectivity index (χ3n) is 12.0. The number of phenols is 1. The number of rotatable bonds is 6. The largest absolute Gasteiger partial charge is 0.504 e. The highest BCUT2D eigenvalue weighted by molar-refractivity contribution is 5.98. The molecule has 2 aliphatic carbocycles. The van der Waals surface area contributed by atoms with Gasteiger partial charge >= 0.3 is 5.97 Å². The molecule has 260 valence electrons. The minimum atomic E-state index is -0.768. The zero-order valence-corrected chi connectivity index (χ0v) is 29.1. The van der Waals surface area contributed by atoms with Gasteiger partial charge in [-0.05, 0) is 113 Å². The van der Waals surface area contributed by atoms with Gasteiger partial charge in [-0.15, -0.1) is 0 Å². The number of esters is 1. The van der Waals surface area contributed by atoms with Gasteiger partial charge in [0.15, 0.2) is 17.7 Å². The minimum absolute atomic E-state index is 0.0425. The number of aliphatic hydroxyl groups is 1. The predicted molar refractivity (Wildman–Crippen MR) is 188 cm³/mol. The van der Waals surface area contributed by atoms with Gasteiger partial charge < -0.3 is 33.7 Å². The molecule has 10 nitrogen and oxygen atoms in total. The Morgan fingerprint density at radius 2 is 2.02 bits per heavy atom. The van der Waals surface area contributed by atoms with Crippen molar-refractivity contribution in [2.24, 2.45) is 5.92 Å². The lowest BCUT2D eigenvalue weighted by Crippen LogP contribution is -2.64. The molecule has 5 aliphatic rings. The molecule has 1 aromatic carbocycles. The van der Waals surface area contributed by atoms with Crippen LogP contribution in [0.5, 0.6) is 11.5 Å². The van der Waals surface area contributed by atoms with Crippen molar-refractivity contribution in [2.45, 2.75) is 88.9 Å². The number of benzene rings is 1. The quantitative estimate of drug-likeness (QED) is 0.191. The van der Waals surface area contributed by atoms with Crippen molar-refractivity contribution in [3.8, 4) is 22.8 Å². The molecule has 3 aliphatic heterocycles. The van der Waals surface area contributed by atoms with Gasteiger partial charge in [0.25, 0.3) is 0 Å². The Bertz CT molecular complexity index is 2100. The molecule has 6 heterocycles. The second-order valence-corrected chi connectivity index (χ2v) is 15.0. The number of likely N-dealkylation sites (N-methyl/N-ethyl adjacent to an activating group) is 1. The van der Waals surface area contributed by atoms with Gasteiger partial charge in [-0.1, -0.05) is 18.7 Å². The summed E-state index contributed by atoms with van der Waals surface area (Å²) in [5.74, 6) is 0.273. The van der Waals surface area contributed by atoms with E-state index in [4.69, 9.17) is 20.8 Å². The topological polar surface area (TPSA) is 111 Å². The van der Waals surface area contributed by atoms with Gasteiger partial charge in [0.2, 0.25) is 0 Å². The highest BCUT2D eigenvalue weighted by Gasteiger charge is 2.64. The molecule has 2 bridgehead atoms. The van der Waals surface area contributed by atoms with Crippen molar-refractivity contribution in [1.29, 1.82) is 0 Å². The number of aromatic nitrogens is 3. The summed E-state index contributed by atoms with van der Waals surface area (Å²) in [4.78, 5) is 16.2.